The maximum absolute atomic E-state index is 14.1. The number of fused-ring (bicyclic) bond motifs is 1. The van der Waals surface area contributed by atoms with Gasteiger partial charge in [-0.3, -0.25) is 9.59 Å². The van der Waals surface area contributed by atoms with Crippen LogP contribution in [-0.4, -0.2) is 56.8 Å². The number of hydrogen-bond acceptors (Lipinski definition) is 4. The quantitative estimate of drug-likeness (QED) is 0.589. The third kappa shape index (κ3) is 4.72. The molecule has 11 heteroatoms. The van der Waals surface area contributed by atoms with E-state index in [1.165, 1.54) is 28.0 Å². The van der Waals surface area contributed by atoms with E-state index in [0.29, 0.717) is 16.9 Å². The number of rotatable bonds is 4. The van der Waals surface area contributed by atoms with E-state index in [2.05, 4.69) is 10.4 Å². The van der Waals surface area contributed by atoms with Crippen LogP contribution in [0.4, 0.5) is 14.9 Å². The van der Waals surface area contributed by atoms with E-state index in [1.807, 2.05) is 0 Å². The number of nitrogens with zero attached hydrogens (tertiary/aromatic N) is 4. The van der Waals surface area contributed by atoms with Gasteiger partial charge in [-0.1, -0.05) is 11.6 Å². The summed E-state index contributed by atoms with van der Waals surface area (Å²) in [5.74, 6) is -2.12. The third-order valence-corrected chi connectivity index (χ3v) is 5.81. The van der Waals surface area contributed by atoms with Gasteiger partial charge in [0, 0.05) is 37.2 Å². The van der Waals surface area contributed by atoms with Crippen molar-refractivity contribution in [3.8, 4) is 5.69 Å². The van der Waals surface area contributed by atoms with Crippen molar-refractivity contribution in [3.63, 3.8) is 0 Å². The van der Waals surface area contributed by atoms with Crippen LogP contribution in [0.1, 0.15) is 22.8 Å². The van der Waals surface area contributed by atoms with E-state index in [1.54, 1.807) is 48.3 Å². The summed E-state index contributed by atoms with van der Waals surface area (Å²) in [6, 6.07) is 9.55. The number of urea groups is 1. The summed E-state index contributed by atoms with van der Waals surface area (Å²) in [6.07, 6.45) is 3.37. The molecule has 1 aromatic heterocycles. The average Bonchev–Trinajstić information content (AvgIpc) is 3.29. The normalized spacial score (nSPS) is 15.4. The molecule has 2 heterocycles. The zero-order valence-corrected chi connectivity index (χ0v) is 18.9. The predicted octanol–water partition coefficient (Wildman–Crippen LogP) is 3.31. The summed E-state index contributed by atoms with van der Waals surface area (Å²) in [5.41, 5.74) is 1.77. The topological polar surface area (TPSA) is 108 Å². The van der Waals surface area contributed by atoms with Gasteiger partial charge >= 0.3 is 12.0 Å². The minimum Gasteiger partial charge on any atom is -0.480 e. The SMILES string of the molecule is C[C@@H]1CN(C(=O)c2ccc(-n3cccn3)cc2Cl)c2ccc(F)cc2CN1C(=O)NCC(=O)O. The number of amides is 3. The van der Waals surface area contributed by atoms with Crippen molar-refractivity contribution in [1.29, 1.82) is 0 Å². The Morgan fingerprint density at radius 3 is 2.71 bits per heavy atom. The van der Waals surface area contributed by atoms with E-state index in [9.17, 15) is 18.8 Å². The van der Waals surface area contributed by atoms with Gasteiger partial charge in [0.15, 0.2) is 0 Å². The summed E-state index contributed by atoms with van der Waals surface area (Å²) in [5, 5.41) is 15.6. The number of aromatic nitrogens is 2. The highest BCUT2D eigenvalue weighted by atomic mass is 35.5. The molecular formula is C23H21ClFN5O4. The Bertz CT molecular complexity index is 1250. The largest absolute Gasteiger partial charge is 0.480 e. The van der Waals surface area contributed by atoms with Crippen molar-refractivity contribution in [2.75, 3.05) is 18.0 Å². The highest BCUT2D eigenvalue weighted by Crippen LogP contribution is 2.31. The number of carboxylic acids is 1. The van der Waals surface area contributed by atoms with E-state index in [0.717, 1.165) is 0 Å². The Hall–Kier alpha value is -3.92. The Morgan fingerprint density at radius 1 is 1.24 bits per heavy atom. The Morgan fingerprint density at radius 2 is 2.03 bits per heavy atom. The van der Waals surface area contributed by atoms with Crippen LogP contribution in [0.5, 0.6) is 0 Å². The van der Waals surface area contributed by atoms with E-state index < -0.39 is 36.3 Å². The van der Waals surface area contributed by atoms with Crippen molar-refractivity contribution >= 4 is 35.2 Å². The van der Waals surface area contributed by atoms with E-state index >= 15 is 0 Å². The number of carbonyl (C=O) groups excluding carboxylic acids is 2. The molecule has 3 aromatic rings. The molecule has 1 aliphatic rings. The molecule has 176 valence electrons. The molecule has 0 saturated carbocycles. The lowest BCUT2D eigenvalue weighted by atomic mass is 10.1. The van der Waals surface area contributed by atoms with Crippen LogP contribution in [0.15, 0.2) is 54.9 Å². The van der Waals surface area contributed by atoms with Crippen LogP contribution in [0.2, 0.25) is 5.02 Å². The molecule has 0 radical (unpaired) electrons. The Labute approximate surface area is 199 Å². The first-order valence-electron chi connectivity index (χ1n) is 10.4. The molecule has 0 aliphatic carbocycles. The van der Waals surface area contributed by atoms with Crippen LogP contribution >= 0.6 is 11.6 Å². The van der Waals surface area contributed by atoms with Crippen LogP contribution in [0.3, 0.4) is 0 Å². The number of aliphatic carboxylic acids is 1. The number of carbonyl (C=O) groups is 3. The number of carboxylic acid groups (broad SMARTS) is 1. The van der Waals surface area contributed by atoms with Crippen LogP contribution in [0.25, 0.3) is 5.69 Å². The number of benzene rings is 2. The zero-order chi connectivity index (χ0) is 24.4. The molecule has 0 unspecified atom stereocenters. The smallest absolute Gasteiger partial charge is 0.323 e. The monoisotopic (exact) mass is 485 g/mol. The first kappa shape index (κ1) is 23.2. The molecule has 0 fully saturated rings. The van der Waals surface area contributed by atoms with E-state index in [-0.39, 0.29) is 23.7 Å². The average molecular weight is 486 g/mol. The summed E-state index contributed by atoms with van der Waals surface area (Å²) in [6.45, 7) is 1.26. The minimum atomic E-state index is -1.19. The van der Waals surface area contributed by atoms with Gasteiger partial charge in [0.1, 0.15) is 12.4 Å². The second kappa shape index (κ2) is 9.52. The van der Waals surface area contributed by atoms with Gasteiger partial charge in [-0.15, -0.1) is 0 Å². The van der Waals surface area contributed by atoms with Crippen LogP contribution in [-0.2, 0) is 11.3 Å². The highest BCUT2D eigenvalue weighted by molar-refractivity contribution is 6.34. The molecule has 2 N–H and O–H groups in total. The molecule has 1 aliphatic heterocycles. The molecule has 0 saturated heterocycles. The summed E-state index contributed by atoms with van der Waals surface area (Å²) >= 11 is 6.46. The standard InChI is InChI=1S/C23H21ClFN5O4/c1-14-12-29(22(33)18-5-4-17(10-19(18)24)30-8-2-7-27-30)20-6-3-16(25)9-15(20)13-28(14)23(34)26-11-21(31)32/h2-10,14H,11-13H2,1H3,(H,26,34)(H,31,32)/t14-/m1/s1. The summed E-state index contributed by atoms with van der Waals surface area (Å²) in [4.78, 5) is 39.9. The molecule has 34 heavy (non-hydrogen) atoms. The van der Waals surface area contributed by atoms with Crippen LogP contribution < -0.4 is 10.2 Å². The Balaban J connectivity index is 1.67. The fourth-order valence-electron chi connectivity index (χ4n) is 3.85. The number of hydrogen-bond donors (Lipinski definition) is 2. The summed E-state index contributed by atoms with van der Waals surface area (Å²) in [7, 11) is 0. The summed E-state index contributed by atoms with van der Waals surface area (Å²) < 4.78 is 15.7. The highest BCUT2D eigenvalue weighted by Gasteiger charge is 2.32. The predicted molar refractivity (Wildman–Crippen MR) is 123 cm³/mol. The van der Waals surface area contributed by atoms with Crippen molar-refractivity contribution in [2.45, 2.75) is 19.5 Å². The van der Waals surface area contributed by atoms with Gasteiger partial charge in [-0.05, 0) is 55.0 Å². The van der Waals surface area contributed by atoms with Gasteiger partial charge < -0.3 is 20.2 Å². The molecule has 3 amide bonds. The number of nitrogens with one attached hydrogen (secondary N) is 1. The molecule has 0 bridgehead atoms. The second-order valence-electron chi connectivity index (χ2n) is 7.83. The first-order chi connectivity index (χ1) is 16.2. The van der Waals surface area contributed by atoms with E-state index in [4.69, 9.17) is 16.7 Å². The third-order valence-electron chi connectivity index (χ3n) is 5.50. The van der Waals surface area contributed by atoms with Crippen molar-refractivity contribution in [3.05, 3.63) is 76.8 Å². The first-order valence-corrected chi connectivity index (χ1v) is 10.8. The fraction of sp³-hybridized carbons (Fsp3) is 0.217. The lowest BCUT2D eigenvalue weighted by Crippen LogP contribution is -2.49. The molecule has 4 rings (SSSR count). The van der Waals surface area contributed by atoms with Crippen LogP contribution in [0, 0.1) is 5.82 Å². The zero-order valence-electron chi connectivity index (χ0n) is 18.1. The maximum Gasteiger partial charge on any atom is 0.323 e. The fourth-order valence-corrected chi connectivity index (χ4v) is 4.10. The Kier molecular flexibility index (Phi) is 6.51. The lowest BCUT2D eigenvalue weighted by Gasteiger charge is -2.29. The maximum atomic E-state index is 14.1. The molecule has 0 spiro atoms. The van der Waals surface area contributed by atoms with Gasteiger partial charge in [-0.25, -0.2) is 13.9 Å². The van der Waals surface area contributed by atoms with Gasteiger partial charge in [0.05, 0.1) is 16.3 Å². The van der Waals surface area contributed by atoms with Crippen molar-refractivity contribution in [1.82, 2.24) is 20.0 Å². The van der Waals surface area contributed by atoms with Crippen molar-refractivity contribution < 1.29 is 23.9 Å². The van der Waals surface area contributed by atoms with Gasteiger partial charge in [0.25, 0.3) is 5.91 Å². The number of halogens is 2. The molecule has 2 aromatic carbocycles. The molecular weight excluding hydrogens is 465 g/mol. The molecule has 9 nitrogen and oxygen atoms in total. The van der Waals surface area contributed by atoms with Gasteiger partial charge in [-0.2, -0.15) is 5.10 Å². The van der Waals surface area contributed by atoms with Gasteiger partial charge in [0.2, 0.25) is 0 Å². The lowest BCUT2D eigenvalue weighted by molar-refractivity contribution is -0.135. The number of anilines is 1. The molecule has 1 atom stereocenters. The second-order valence-corrected chi connectivity index (χ2v) is 8.24. The van der Waals surface area contributed by atoms with Crippen molar-refractivity contribution in [2.24, 2.45) is 0 Å². The minimum absolute atomic E-state index is 0.00450.